The molecule has 2 rings (SSSR count). The van der Waals surface area contributed by atoms with Crippen LogP contribution in [0.1, 0.15) is 21.5 Å². The number of hydrogen-bond donors (Lipinski definition) is 1. The number of nitrogens with one attached hydrogen (secondary N) is 1. The number of halogens is 5. The highest BCUT2D eigenvalue weighted by atomic mass is 35.5. The van der Waals surface area contributed by atoms with Crippen LogP contribution in [0.2, 0.25) is 10.0 Å². The minimum Gasteiger partial charge on any atom is -0.367 e. The van der Waals surface area contributed by atoms with Crippen molar-refractivity contribution in [1.82, 2.24) is 5.32 Å². The number of carbonyl (C=O) groups excluding carboxylic acids is 1. The highest BCUT2D eigenvalue weighted by Gasteiger charge is 2.27. The van der Waals surface area contributed by atoms with Gasteiger partial charge in [0.2, 0.25) is 0 Å². The Kier molecular flexibility index (Phi) is 6.70. The smallest absolute Gasteiger partial charge is 0.367 e. The number of hydrogen-bond acceptors (Lipinski definition) is 2. The van der Waals surface area contributed by atoms with Gasteiger partial charge in [0.05, 0.1) is 17.2 Å². The van der Waals surface area contributed by atoms with Crippen molar-refractivity contribution in [3.63, 3.8) is 0 Å². The monoisotopic (exact) mass is 391 g/mol. The molecule has 0 heterocycles. The van der Waals surface area contributed by atoms with Gasteiger partial charge in [-0.05, 0) is 29.3 Å². The fourth-order valence-corrected chi connectivity index (χ4v) is 2.48. The largest absolute Gasteiger partial charge is 0.411 e. The number of amides is 1. The van der Waals surface area contributed by atoms with Crippen molar-refractivity contribution in [2.75, 3.05) is 6.61 Å². The fourth-order valence-electron chi connectivity index (χ4n) is 1.99. The maximum absolute atomic E-state index is 12.1. The van der Waals surface area contributed by atoms with Gasteiger partial charge in [-0.2, -0.15) is 13.2 Å². The minimum atomic E-state index is -4.34. The van der Waals surface area contributed by atoms with E-state index >= 15 is 0 Å². The van der Waals surface area contributed by atoms with Crippen LogP contribution in [0.5, 0.6) is 0 Å². The van der Waals surface area contributed by atoms with Gasteiger partial charge in [-0.3, -0.25) is 4.79 Å². The first-order chi connectivity index (χ1) is 11.7. The summed E-state index contributed by atoms with van der Waals surface area (Å²) in [6, 6.07) is 11.3. The molecule has 0 atom stereocenters. The van der Waals surface area contributed by atoms with Crippen LogP contribution in [0.4, 0.5) is 13.2 Å². The lowest BCUT2D eigenvalue weighted by Gasteiger charge is -2.09. The summed E-state index contributed by atoms with van der Waals surface area (Å²) in [5.74, 6) is -0.348. The normalized spacial score (nSPS) is 11.4. The molecular formula is C17H14Cl2F3NO2. The van der Waals surface area contributed by atoms with Gasteiger partial charge in [0.1, 0.15) is 6.61 Å². The van der Waals surface area contributed by atoms with Crippen molar-refractivity contribution in [2.45, 2.75) is 19.3 Å². The summed E-state index contributed by atoms with van der Waals surface area (Å²) in [6.07, 6.45) is -4.34. The van der Waals surface area contributed by atoms with Crippen LogP contribution in [0, 0.1) is 0 Å². The summed E-state index contributed by atoms with van der Waals surface area (Å²) in [6.45, 7) is -1.17. The molecule has 25 heavy (non-hydrogen) atoms. The van der Waals surface area contributed by atoms with E-state index in [-0.39, 0.29) is 24.1 Å². The second-order valence-electron chi connectivity index (χ2n) is 5.23. The van der Waals surface area contributed by atoms with Crippen LogP contribution < -0.4 is 5.32 Å². The number of carbonyl (C=O) groups is 1. The van der Waals surface area contributed by atoms with Gasteiger partial charge >= 0.3 is 6.18 Å². The Labute approximate surface area is 152 Å². The molecule has 0 aromatic heterocycles. The molecule has 2 aromatic rings. The van der Waals surface area contributed by atoms with Crippen molar-refractivity contribution >= 4 is 29.1 Å². The molecule has 0 saturated heterocycles. The molecular weight excluding hydrogens is 378 g/mol. The summed E-state index contributed by atoms with van der Waals surface area (Å²) in [7, 11) is 0. The molecule has 0 aliphatic carbocycles. The van der Waals surface area contributed by atoms with E-state index in [1.807, 2.05) is 0 Å². The van der Waals surface area contributed by atoms with Crippen LogP contribution in [0.25, 0.3) is 0 Å². The molecule has 134 valence electrons. The van der Waals surface area contributed by atoms with E-state index in [1.165, 1.54) is 12.1 Å². The summed E-state index contributed by atoms with van der Waals surface area (Å²) in [5, 5.41) is 3.40. The highest BCUT2D eigenvalue weighted by molar-refractivity contribution is 6.36. The minimum absolute atomic E-state index is 0.132. The van der Waals surface area contributed by atoms with Gasteiger partial charge in [0.25, 0.3) is 5.91 Å². The van der Waals surface area contributed by atoms with Crippen molar-refractivity contribution in [3.8, 4) is 0 Å². The fraction of sp³-hybridized carbons (Fsp3) is 0.235. The van der Waals surface area contributed by atoms with Crippen LogP contribution in [-0.4, -0.2) is 18.7 Å². The lowest BCUT2D eigenvalue weighted by Crippen LogP contribution is -2.23. The Morgan fingerprint density at radius 3 is 2.28 bits per heavy atom. The van der Waals surface area contributed by atoms with Crippen molar-refractivity contribution in [1.29, 1.82) is 0 Å². The zero-order valence-corrected chi connectivity index (χ0v) is 14.4. The van der Waals surface area contributed by atoms with Gasteiger partial charge in [0, 0.05) is 11.6 Å². The van der Waals surface area contributed by atoms with E-state index < -0.39 is 12.8 Å². The molecule has 3 nitrogen and oxygen atoms in total. The third-order valence-electron chi connectivity index (χ3n) is 3.19. The Hall–Kier alpha value is -1.76. The van der Waals surface area contributed by atoms with E-state index in [0.29, 0.717) is 16.1 Å². The third kappa shape index (κ3) is 6.57. The van der Waals surface area contributed by atoms with Crippen LogP contribution >= 0.6 is 23.2 Å². The number of benzene rings is 2. The Bertz CT molecular complexity index is 734. The predicted molar refractivity (Wildman–Crippen MR) is 89.8 cm³/mol. The van der Waals surface area contributed by atoms with Gasteiger partial charge in [-0.25, -0.2) is 0 Å². The number of rotatable bonds is 6. The maximum Gasteiger partial charge on any atom is 0.411 e. The molecule has 2 aromatic carbocycles. The van der Waals surface area contributed by atoms with Crippen LogP contribution in [-0.2, 0) is 17.9 Å². The first kappa shape index (κ1) is 19.6. The third-order valence-corrected chi connectivity index (χ3v) is 3.73. The van der Waals surface area contributed by atoms with E-state index in [2.05, 4.69) is 10.1 Å². The molecule has 1 amide bonds. The molecule has 0 fully saturated rings. The molecule has 0 radical (unpaired) electrons. The SMILES string of the molecule is O=C(NCc1ccc(COCC(F)(F)F)cc1)c1ccc(Cl)cc1Cl. The first-order valence-electron chi connectivity index (χ1n) is 7.20. The first-order valence-corrected chi connectivity index (χ1v) is 7.96. The van der Waals surface area contributed by atoms with Gasteiger partial charge < -0.3 is 10.1 Å². The molecule has 0 unspecified atom stereocenters. The molecule has 0 aliphatic rings. The van der Waals surface area contributed by atoms with Crippen molar-refractivity contribution in [2.24, 2.45) is 0 Å². The van der Waals surface area contributed by atoms with Crippen LogP contribution in [0.15, 0.2) is 42.5 Å². The maximum atomic E-state index is 12.1. The van der Waals surface area contributed by atoms with Crippen molar-refractivity contribution < 1.29 is 22.7 Å². The number of ether oxygens (including phenoxy) is 1. The van der Waals surface area contributed by atoms with Crippen molar-refractivity contribution in [3.05, 3.63) is 69.2 Å². The summed E-state index contributed by atoms with van der Waals surface area (Å²) in [4.78, 5) is 12.1. The van der Waals surface area contributed by atoms with E-state index in [4.69, 9.17) is 23.2 Å². The predicted octanol–water partition coefficient (Wildman–Crippen LogP) is 5.00. The number of alkyl halides is 3. The highest BCUT2D eigenvalue weighted by Crippen LogP contribution is 2.21. The van der Waals surface area contributed by atoms with E-state index in [0.717, 1.165) is 5.56 Å². The van der Waals surface area contributed by atoms with E-state index in [1.54, 1.807) is 30.3 Å². The molecule has 8 heteroatoms. The summed E-state index contributed by atoms with van der Waals surface area (Å²) in [5.41, 5.74) is 1.71. The molecule has 1 N–H and O–H groups in total. The Balaban J connectivity index is 1.85. The molecule has 0 aliphatic heterocycles. The zero-order chi connectivity index (χ0) is 18.4. The van der Waals surface area contributed by atoms with E-state index in [9.17, 15) is 18.0 Å². The van der Waals surface area contributed by atoms with Crippen LogP contribution in [0.3, 0.4) is 0 Å². The Morgan fingerprint density at radius 2 is 1.68 bits per heavy atom. The second-order valence-corrected chi connectivity index (χ2v) is 6.07. The van der Waals surface area contributed by atoms with Gasteiger partial charge in [0.15, 0.2) is 0 Å². The summed E-state index contributed by atoms with van der Waals surface area (Å²) >= 11 is 11.7. The second kappa shape index (κ2) is 8.56. The Morgan fingerprint density at radius 1 is 1.04 bits per heavy atom. The van der Waals surface area contributed by atoms with Gasteiger partial charge in [-0.15, -0.1) is 0 Å². The average Bonchev–Trinajstić information content (AvgIpc) is 2.52. The zero-order valence-electron chi connectivity index (χ0n) is 12.9. The molecule has 0 saturated carbocycles. The average molecular weight is 392 g/mol. The molecule has 0 bridgehead atoms. The molecule has 0 spiro atoms. The topological polar surface area (TPSA) is 38.3 Å². The quantitative estimate of drug-likeness (QED) is 0.751. The standard InChI is InChI=1S/C17H14Cl2F3NO2/c18-13-5-6-14(15(19)7-13)16(24)23-8-11-1-3-12(4-2-11)9-25-10-17(20,21)22/h1-7H,8-10H2,(H,23,24). The lowest BCUT2D eigenvalue weighted by atomic mass is 10.1. The summed E-state index contributed by atoms with van der Waals surface area (Å²) < 4.78 is 40.6. The van der Waals surface area contributed by atoms with Gasteiger partial charge in [-0.1, -0.05) is 47.5 Å². The lowest BCUT2D eigenvalue weighted by molar-refractivity contribution is -0.176.